The van der Waals surface area contributed by atoms with Crippen molar-refractivity contribution in [3.05, 3.63) is 53.5 Å². The molecule has 0 atom stereocenters. The van der Waals surface area contributed by atoms with Crippen LogP contribution in [0.3, 0.4) is 0 Å². The number of hydrogen-bond donors (Lipinski definition) is 1. The fourth-order valence-corrected chi connectivity index (χ4v) is 3.50. The summed E-state index contributed by atoms with van der Waals surface area (Å²) in [4.78, 5) is 23.7. The molecule has 1 amide bonds. The summed E-state index contributed by atoms with van der Waals surface area (Å²) in [6.45, 7) is 5.07. The molecule has 0 bridgehead atoms. The van der Waals surface area contributed by atoms with Gasteiger partial charge in [-0.2, -0.15) is 0 Å². The van der Waals surface area contributed by atoms with E-state index in [-0.39, 0.29) is 5.91 Å². The van der Waals surface area contributed by atoms with Crippen LogP contribution < -0.4 is 5.32 Å². The van der Waals surface area contributed by atoms with E-state index in [1.165, 1.54) is 32.1 Å². The summed E-state index contributed by atoms with van der Waals surface area (Å²) in [5, 5.41) is 3.50. The second kappa shape index (κ2) is 8.79. The van der Waals surface area contributed by atoms with Crippen molar-refractivity contribution >= 4 is 11.7 Å². The Kier molecular flexibility index (Phi) is 6.21. The van der Waals surface area contributed by atoms with Crippen molar-refractivity contribution < 1.29 is 4.79 Å². The van der Waals surface area contributed by atoms with Gasteiger partial charge in [0, 0.05) is 25.2 Å². The highest BCUT2D eigenvalue weighted by Crippen LogP contribution is 2.21. The van der Waals surface area contributed by atoms with Crippen LogP contribution in [0.4, 0.5) is 5.82 Å². The predicted octanol–water partition coefficient (Wildman–Crippen LogP) is 4.19. The Morgan fingerprint density at radius 3 is 2.58 bits per heavy atom. The van der Waals surface area contributed by atoms with Crippen molar-refractivity contribution in [3.8, 4) is 0 Å². The molecule has 5 heteroatoms. The Morgan fingerprint density at radius 1 is 1.15 bits per heavy atom. The number of rotatable bonds is 6. The quantitative estimate of drug-likeness (QED) is 0.847. The lowest BCUT2D eigenvalue weighted by molar-refractivity contribution is 0.0746. The van der Waals surface area contributed by atoms with Crippen LogP contribution >= 0.6 is 0 Å². The molecule has 1 fully saturated rings. The van der Waals surface area contributed by atoms with Gasteiger partial charge in [0.05, 0.1) is 0 Å². The molecule has 0 aliphatic heterocycles. The minimum absolute atomic E-state index is 0.0476. The lowest BCUT2D eigenvalue weighted by Crippen LogP contribution is -2.31. The second-order valence-electron chi connectivity index (χ2n) is 6.97. The molecule has 1 aromatic carbocycles. The van der Waals surface area contributed by atoms with E-state index < -0.39 is 0 Å². The lowest BCUT2D eigenvalue weighted by Gasteiger charge is -2.24. The smallest absolute Gasteiger partial charge is 0.272 e. The number of benzene rings is 1. The van der Waals surface area contributed by atoms with Crippen LogP contribution in [-0.2, 0) is 6.54 Å². The van der Waals surface area contributed by atoms with E-state index in [4.69, 9.17) is 0 Å². The molecule has 138 valence electrons. The first-order valence-electron chi connectivity index (χ1n) is 9.61. The van der Waals surface area contributed by atoms with Gasteiger partial charge in [-0.05, 0) is 32.3 Å². The Bertz CT molecular complexity index is 726. The molecule has 1 saturated carbocycles. The van der Waals surface area contributed by atoms with Gasteiger partial charge in [0.25, 0.3) is 5.91 Å². The molecule has 1 aliphatic rings. The molecule has 1 N–H and O–H groups in total. The monoisotopic (exact) mass is 352 g/mol. The number of hydrogen-bond acceptors (Lipinski definition) is 4. The fourth-order valence-electron chi connectivity index (χ4n) is 3.50. The van der Waals surface area contributed by atoms with Crippen LogP contribution in [0.5, 0.6) is 0 Å². The summed E-state index contributed by atoms with van der Waals surface area (Å²) in [6, 6.07) is 12.3. The second-order valence-corrected chi connectivity index (χ2v) is 6.97. The van der Waals surface area contributed by atoms with Gasteiger partial charge in [0.1, 0.15) is 17.3 Å². The lowest BCUT2D eigenvalue weighted by atomic mass is 9.95. The molecule has 1 aliphatic carbocycles. The molecule has 26 heavy (non-hydrogen) atoms. The normalized spacial score (nSPS) is 14.8. The standard InChI is InChI=1S/C21H28N4O/c1-3-25(15-17-10-6-4-7-11-17)21(26)19-14-20(23-16(2)22-19)24-18-12-8-5-9-13-18/h4,6-7,10-11,14,18H,3,5,8-9,12-13,15H2,1-2H3,(H,22,23,24). The molecule has 0 unspecified atom stereocenters. The van der Waals surface area contributed by atoms with Gasteiger partial charge in [-0.25, -0.2) is 9.97 Å². The first-order chi connectivity index (χ1) is 12.7. The number of aryl methyl sites for hydroxylation is 1. The van der Waals surface area contributed by atoms with Crippen molar-refractivity contribution in [2.75, 3.05) is 11.9 Å². The molecule has 1 aromatic heterocycles. The van der Waals surface area contributed by atoms with Gasteiger partial charge in [-0.3, -0.25) is 4.79 Å². The number of amides is 1. The van der Waals surface area contributed by atoms with E-state index in [1.807, 2.05) is 49.1 Å². The minimum atomic E-state index is -0.0476. The van der Waals surface area contributed by atoms with Crippen LogP contribution in [0, 0.1) is 6.92 Å². The van der Waals surface area contributed by atoms with Crippen LogP contribution in [0.2, 0.25) is 0 Å². The Hall–Kier alpha value is -2.43. The molecule has 5 nitrogen and oxygen atoms in total. The number of carbonyl (C=O) groups is 1. The maximum atomic E-state index is 13.0. The zero-order valence-electron chi connectivity index (χ0n) is 15.7. The molecule has 0 radical (unpaired) electrons. The van der Waals surface area contributed by atoms with E-state index in [0.717, 1.165) is 11.4 Å². The van der Waals surface area contributed by atoms with Crippen molar-refractivity contribution in [1.82, 2.24) is 14.9 Å². The number of aromatic nitrogens is 2. The van der Waals surface area contributed by atoms with Crippen molar-refractivity contribution in [2.24, 2.45) is 0 Å². The van der Waals surface area contributed by atoms with Gasteiger partial charge in [-0.1, -0.05) is 49.6 Å². The summed E-state index contributed by atoms with van der Waals surface area (Å²) < 4.78 is 0. The maximum absolute atomic E-state index is 13.0. The van der Waals surface area contributed by atoms with Crippen LogP contribution in [-0.4, -0.2) is 33.4 Å². The van der Waals surface area contributed by atoms with E-state index in [9.17, 15) is 4.79 Å². The average Bonchev–Trinajstić information content (AvgIpc) is 2.67. The van der Waals surface area contributed by atoms with E-state index in [2.05, 4.69) is 15.3 Å². The Balaban J connectivity index is 1.74. The van der Waals surface area contributed by atoms with Gasteiger partial charge >= 0.3 is 0 Å². The van der Waals surface area contributed by atoms with E-state index >= 15 is 0 Å². The van der Waals surface area contributed by atoms with Crippen molar-refractivity contribution in [3.63, 3.8) is 0 Å². The molecule has 3 rings (SSSR count). The van der Waals surface area contributed by atoms with Gasteiger partial charge in [0.15, 0.2) is 0 Å². The van der Waals surface area contributed by atoms with E-state index in [0.29, 0.717) is 30.6 Å². The zero-order valence-corrected chi connectivity index (χ0v) is 15.7. The average molecular weight is 352 g/mol. The third-order valence-corrected chi connectivity index (χ3v) is 4.90. The first-order valence-corrected chi connectivity index (χ1v) is 9.61. The number of carbonyl (C=O) groups excluding carboxylic acids is 1. The Morgan fingerprint density at radius 2 is 1.88 bits per heavy atom. The summed E-state index contributed by atoms with van der Waals surface area (Å²) in [6.07, 6.45) is 6.17. The third-order valence-electron chi connectivity index (χ3n) is 4.90. The largest absolute Gasteiger partial charge is 0.367 e. The molecule has 0 saturated heterocycles. The summed E-state index contributed by atoms with van der Waals surface area (Å²) in [5.41, 5.74) is 1.59. The number of anilines is 1. The highest BCUT2D eigenvalue weighted by atomic mass is 16.2. The molecule has 0 spiro atoms. The number of nitrogens with zero attached hydrogens (tertiary/aromatic N) is 3. The molecule has 2 aromatic rings. The van der Waals surface area contributed by atoms with Crippen LogP contribution in [0.1, 0.15) is 60.9 Å². The van der Waals surface area contributed by atoms with Crippen LogP contribution in [0.15, 0.2) is 36.4 Å². The van der Waals surface area contributed by atoms with Crippen LogP contribution in [0.25, 0.3) is 0 Å². The predicted molar refractivity (Wildman–Crippen MR) is 104 cm³/mol. The highest BCUT2D eigenvalue weighted by Gasteiger charge is 2.19. The fraction of sp³-hybridized carbons (Fsp3) is 0.476. The third kappa shape index (κ3) is 4.81. The zero-order chi connectivity index (χ0) is 18.4. The summed E-state index contributed by atoms with van der Waals surface area (Å²) >= 11 is 0. The molecular weight excluding hydrogens is 324 g/mol. The summed E-state index contributed by atoms with van der Waals surface area (Å²) in [5.74, 6) is 1.35. The van der Waals surface area contributed by atoms with E-state index in [1.54, 1.807) is 6.07 Å². The SMILES string of the molecule is CCN(Cc1ccccc1)C(=O)c1cc(NC2CCCCC2)nc(C)n1. The number of nitrogens with one attached hydrogen (secondary N) is 1. The maximum Gasteiger partial charge on any atom is 0.272 e. The van der Waals surface area contributed by atoms with Crippen molar-refractivity contribution in [2.45, 2.75) is 58.5 Å². The van der Waals surface area contributed by atoms with Gasteiger partial charge in [-0.15, -0.1) is 0 Å². The Labute approximate surface area is 155 Å². The first kappa shape index (κ1) is 18.4. The minimum Gasteiger partial charge on any atom is -0.367 e. The van der Waals surface area contributed by atoms with Gasteiger partial charge < -0.3 is 10.2 Å². The highest BCUT2D eigenvalue weighted by molar-refractivity contribution is 5.93. The topological polar surface area (TPSA) is 58.1 Å². The summed E-state index contributed by atoms with van der Waals surface area (Å²) in [7, 11) is 0. The van der Waals surface area contributed by atoms with Gasteiger partial charge in [0.2, 0.25) is 0 Å². The van der Waals surface area contributed by atoms with Crippen molar-refractivity contribution in [1.29, 1.82) is 0 Å². The molecule has 1 heterocycles. The molecular formula is C21H28N4O.